The Balaban J connectivity index is 1.51. The van der Waals surface area contributed by atoms with E-state index in [0.717, 1.165) is 10.9 Å². The molecule has 0 saturated carbocycles. The van der Waals surface area contributed by atoms with Crippen molar-refractivity contribution >= 4 is 36.1 Å². The lowest BCUT2D eigenvalue weighted by Gasteiger charge is -2.18. The number of halogens is 1. The van der Waals surface area contributed by atoms with E-state index < -0.39 is 19.7 Å². The first kappa shape index (κ1) is 26.0. The fourth-order valence-electron chi connectivity index (χ4n) is 3.03. The number of esters is 1. The van der Waals surface area contributed by atoms with Crippen molar-refractivity contribution in [1.29, 1.82) is 0 Å². The van der Waals surface area contributed by atoms with Crippen molar-refractivity contribution in [1.82, 2.24) is 4.98 Å². The monoisotopic (exact) mass is 507 g/mol. The molecule has 0 N–H and O–H groups in total. The van der Waals surface area contributed by atoms with E-state index >= 15 is 0 Å². The van der Waals surface area contributed by atoms with Crippen molar-refractivity contribution in [3.05, 3.63) is 59.6 Å². The van der Waals surface area contributed by atoms with Gasteiger partial charge < -0.3 is 23.3 Å². The first-order valence-electron chi connectivity index (χ1n) is 10.9. The minimum Gasteiger partial charge on any atom is -0.479 e. The first-order valence-corrected chi connectivity index (χ1v) is 13.0. The minimum atomic E-state index is -3.27. The fourth-order valence-corrected chi connectivity index (χ4v) is 4.64. The molecule has 2 aromatic carbocycles. The Morgan fingerprint density at radius 1 is 1.00 bits per heavy atom. The van der Waals surface area contributed by atoms with Crippen LogP contribution >= 0.6 is 19.2 Å². The van der Waals surface area contributed by atoms with Crippen LogP contribution in [-0.4, -0.2) is 43.0 Å². The molecule has 1 heterocycles. The summed E-state index contributed by atoms with van der Waals surface area (Å²) in [7, 11) is -3.27. The van der Waals surface area contributed by atoms with Crippen LogP contribution in [0.25, 0.3) is 10.9 Å². The summed E-state index contributed by atoms with van der Waals surface area (Å²) in [6.45, 7) is 5.41. The summed E-state index contributed by atoms with van der Waals surface area (Å²) in [5, 5.41) is 1.57. The zero-order valence-electron chi connectivity index (χ0n) is 19.2. The highest BCUT2D eigenvalue weighted by atomic mass is 35.5. The third-order valence-electron chi connectivity index (χ3n) is 4.58. The van der Waals surface area contributed by atoms with Gasteiger partial charge >= 0.3 is 13.6 Å². The molecule has 0 aliphatic heterocycles. The molecule has 0 amide bonds. The van der Waals surface area contributed by atoms with Gasteiger partial charge in [-0.2, -0.15) is 0 Å². The molecule has 1 atom stereocenters. The van der Waals surface area contributed by atoms with Gasteiger partial charge in [0.2, 0.25) is 5.88 Å². The number of pyridine rings is 1. The number of hydrogen-bond donors (Lipinski definition) is 0. The van der Waals surface area contributed by atoms with Gasteiger partial charge in [-0.05, 0) is 69.3 Å². The molecule has 3 rings (SSSR count). The van der Waals surface area contributed by atoms with Gasteiger partial charge in [0.05, 0.1) is 24.9 Å². The van der Waals surface area contributed by atoms with Crippen LogP contribution in [-0.2, 0) is 23.1 Å². The van der Waals surface area contributed by atoms with Crippen molar-refractivity contribution < 1.29 is 32.6 Å². The van der Waals surface area contributed by atoms with Gasteiger partial charge in [-0.25, -0.2) is 9.78 Å². The van der Waals surface area contributed by atoms with Crippen LogP contribution < -0.4 is 9.47 Å². The number of carbonyl (C=O) groups is 1. The number of ether oxygens (including phenoxy) is 3. The normalized spacial score (nSPS) is 12.4. The number of rotatable bonds is 12. The van der Waals surface area contributed by atoms with Crippen molar-refractivity contribution in [3.63, 3.8) is 0 Å². The molecule has 34 heavy (non-hydrogen) atoms. The Hall–Kier alpha value is -2.64. The molecule has 0 spiro atoms. The van der Waals surface area contributed by atoms with Gasteiger partial charge in [0, 0.05) is 16.5 Å². The van der Waals surface area contributed by atoms with Gasteiger partial charge in [-0.15, -0.1) is 0 Å². The molecule has 8 nitrogen and oxygen atoms in total. The highest BCUT2D eigenvalue weighted by Crippen LogP contribution is 2.47. The van der Waals surface area contributed by atoms with Gasteiger partial charge in [0.25, 0.3) is 0 Å². The van der Waals surface area contributed by atoms with Crippen LogP contribution in [0, 0.1) is 0 Å². The van der Waals surface area contributed by atoms with Crippen LogP contribution in [0.5, 0.6) is 17.4 Å². The summed E-state index contributed by atoms with van der Waals surface area (Å²) in [5.74, 6) is 0.885. The van der Waals surface area contributed by atoms with E-state index in [2.05, 4.69) is 4.98 Å². The van der Waals surface area contributed by atoms with E-state index in [1.54, 1.807) is 57.2 Å². The van der Waals surface area contributed by atoms with Crippen molar-refractivity contribution in [2.24, 2.45) is 0 Å². The van der Waals surface area contributed by atoms with Crippen LogP contribution in [0.2, 0.25) is 5.02 Å². The number of aromatic nitrogens is 1. The summed E-state index contributed by atoms with van der Waals surface area (Å²) in [6, 6.07) is 15.9. The highest BCUT2D eigenvalue weighted by molar-refractivity contribution is 7.53. The van der Waals surface area contributed by atoms with E-state index in [9.17, 15) is 9.36 Å². The van der Waals surface area contributed by atoms with E-state index in [1.165, 1.54) is 0 Å². The van der Waals surface area contributed by atoms with Crippen LogP contribution in [0.3, 0.4) is 0 Å². The predicted molar refractivity (Wildman–Crippen MR) is 130 cm³/mol. The second kappa shape index (κ2) is 12.2. The maximum atomic E-state index is 12.4. The molecule has 0 radical (unpaired) electrons. The van der Waals surface area contributed by atoms with E-state index in [0.29, 0.717) is 22.4 Å². The lowest BCUT2D eigenvalue weighted by atomic mass is 10.2. The summed E-state index contributed by atoms with van der Waals surface area (Å²) in [5.41, 5.74) is 0.771. The molecule has 0 bridgehead atoms. The van der Waals surface area contributed by atoms with Crippen molar-refractivity contribution in [2.45, 2.75) is 26.9 Å². The van der Waals surface area contributed by atoms with E-state index in [-0.39, 0.29) is 26.0 Å². The van der Waals surface area contributed by atoms with Crippen LogP contribution in [0.4, 0.5) is 0 Å². The van der Waals surface area contributed by atoms with E-state index in [1.807, 2.05) is 18.2 Å². The quantitative estimate of drug-likeness (QED) is 0.209. The fraction of sp³-hybridized carbons (Fsp3) is 0.333. The third kappa shape index (κ3) is 7.43. The minimum absolute atomic E-state index is 0.0188. The smallest absolute Gasteiger partial charge is 0.347 e. The van der Waals surface area contributed by atoms with E-state index in [4.69, 9.17) is 34.9 Å². The van der Waals surface area contributed by atoms with Crippen molar-refractivity contribution in [3.8, 4) is 17.4 Å². The Morgan fingerprint density at radius 2 is 1.68 bits per heavy atom. The largest absolute Gasteiger partial charge is 0.479 e. The SMILES string of the molecule is CCOP(=O)(CCOC(=O)[C@@H](C)Oc1ccc(Oc2ccc3cc(Cl)ccc3n2)cc1)OCC. The Bertz CT molecular complexity index is 1150. The highest BCUT2D eigenvalue weighted by Gasteiger charge is 2.25. The lowest BCUT2D eigenvalue weighted by Crippen LogP contribution is -2.27. The number of hydrogen-bond acceptors (Lipinski definition) is 8. The zero-order valence-corrected chi connectivity index (χ0v) is 20.9. The molecular formula is C24H27ClNO7P. The maximum absolute atomic E-state index is 12.4. The molecule has 182 valence electrons. The second-order valence-electron chi connectivity index (χ2n) is 7.16. The number of fused-ring (bicyclic) bond motifs is 1. The number of nitrogens with zero attached hydrogens (tertiary/aromatic N) is 1. The molecule has 3 aromatic rings. The summed E-state index contributed by atoms with van der Waals surface area (Å²) in [6.07, 6.45) is -0.881. The maximum Gasteiger partial charge on any atom is 0.347 e. The van der Waals surface area contributed by atoms with Gasteiger partial charge in [-0.3, -0.25) is 4.57 Å². The molecule has 0 aliphatic carbocycles. The molecule has 0 unspecified atom stereocenters. The van der Waals surface area contributed by atoms with Crippen LogP contribution in [0.1, 0.15) is 20.8 Å². The Morgan fingerprint density at radius 3 is 2.35 bits per heavy atom. The summed E-state index contributed by atoms with van der Waals surface area (Å²) < 4.78 is 39.4. The standard InChI is InChI=1S/C24H27ClNO7P/c1-4-30-34(28,31-5-2)15-14-29-24(27)17(3)32-20-8-10-21(11-9-20)33-23-13-6-18-16-19(25)7-12-22(18)26-23/h6-13,16-17H,4-5,14-15H2,1-3H3/t17-/m1/s1. The predicted octanol–water partition coefficient (Wildman–Crippen LogP) is 6.26. The summed E-state index contributed by atoms with van der Waals surface area (Å²) >= 11 is 6.00. The topological polar surface area (TPSA) is 93.2 Å². The third-order valence-corrected chi connectivity index (χ3v) is 6.85. The zero-order chi connectivity index (χ0) is 24.6. The average Bonchev–Trinajstić information content (AvgIpc) is 2.80. The van der Waals surface area contributed by atoms with Crippen LogP contribution in [0.15, 0.2) is 54.6 Å². The molecule has 0 saturated heterocycles. The lowest BCUT2D eigenvalue weighted by molar-refractivity contribution is -0.150. The second-order valence-corrected chi connectivity index (χ2v) is 9.78. The molecule has 1 aromatic heterocycles. The van der Waals surface area contributed by atoms with Gasteiger partial charge in [0.15, 0.2) is 6.10 Å². The summed E-state index contributed by atoms with van der Waals surface area (Å²) in [4.78, 5) is 16.7. The average molecular weight is 508 g/mol. The first-order chi connectivity index (χ1) is 16.3. The molecule has 10 heteroatoms. The molecular weight excluding hydrogens is 481 g/mol. The Labute approximate surface area is 203 Å². The van der Waals surface area contributed by atoms with Gasteiger partial charge in [-0.1, -0.05) is 11.6 Å². The molecule has 0 aliphatic rings. The molecule has 0 fully saturated rings. The van der Waals surface area contributed by atoms with Crippen molar-refractivity contribution in [2.75, 3.05) is 26.0 Å². The Kier molecular flexibility index (Phi) is 9.30. The van der Waals surface area contributed by atoms with Gasteiger partial charge in [0.1, 0.15) is 18.1 Å². The number of benzene rings is 2. The number of carbonyl (C=O) groups excluding carboxylic acids is 1.